The molecule has 3 N–H and O–H groups in total. The lowest BCUT2D eigenvalue weighted by atomic mass is 10.1. The number of hydrogen-bond donors (Lipinski definition) is 2. The van der Waals surface area contributed by atoms with Gasteiger partial charge in [-0.2, -0.15) is 0 Å². The van der Waals surface area contributed by atoms with E-state index in [-0.39, 0.29) is 5.91 Å². The fraction of sp³-hybridized carbons (Fsp3) is 0.500. The number of rotatable bonds is 7. The monoisotopic (exact) mass is 250 g/mol. The molecular weight excluding hydrogens is 228 g/mol. The summed E-state index contributed by atoms with van der Waals surface area (Å²) in [5.41, 5.74) is 6.11. The van der Waals surface area contributed by atoms with Crippen molar-refractivity contribution in [3.05, 3.63) is 24.3 Å². The first-order valence-corrected chi connectivity index (χ1v) is 6.39. The first-order valence-electron chi connectivity index (χ1n) is 6.39. The topological polar surface area (TPSA) is 64.3 Å². The van der Waals surface area contributed by atoms with E-state index < -0.39 is 0 Å². The van der Waals surface area contributed by atoms with E-state index >= 15 is 0 Å². The maximum Gasteiger partial charge on any atom is 0.224 e. The van der Waals surface area contributed by atoms with Gasteiger partial charge in [-0.25, -0.2) is 0 Å². The van der Waals surface area contributed by atoms with Crippen LogP contribution in [0.2, 0.25) is 0 Å². The van der Waals surface area contributed by atoms with Crippen molar-refractivity contribution in [3.8, 4) is 5.75 Å². The van der Waals surface area contributed by atoms with E-state index in [0.29, 0.717) is 36.9 Å². The molecule has 1 atom stereocenters. The van der Waals surface area contributed by atoms with Gasteiger partial charge in [-0.05, 0) is 18.1 Å². The molecular formula is C14H22N2O2. The molecule has 100 valence electrons. The van der Waals surface area contributed by atoms with Crippen molar-refractivity contribution in [2.45, 2.75) is 26.7 Å². The summed E-state index contributed by atoms with van der Waals surface area (Å²) < 4.78 is 5.48. The van der Waals surface area contributed by atoms with Crippen LogP contribution >= 0.6 is 0 Å². The number of para-hydroxylation sites is 2. The number of amides is 1. The minimum Gasteiger partial charge on any atom is -0.490 e. The van der Waals surface area contributed by atoms with Crippen molar-refractivity contribution >= 4 is 11.6 Å². The van der Waals surface area contributed by atoms with Crippen LogP contribution in [0, 0.1) is 5.92 Å². The molecule has 0 radical (unpaired) electrons. The number of ether oxygens (including phenoxy) is 1. The lowest BCUT2D eigenvalue weighted by Gasteiger charge is -2.13. The molecule has 1 amide bonds. The molecule has 0 aliphatic heterocycles. The standard InChI is InChI=1S/C14H22N2O2/c1-3-11(2)10-14(17)16-12-6-4-5-7-13(12)18-9-8-15/h4-7,11H,3,8-10,15H2,1-2H3,(H,16,17). The lowest BCUT2D eigenvalue weighted by molar-refractivity contribution is -0.117. The third kappa shape index (κ3) is 4.75. The van der Waals surface area contributed by atoms with Gasteiger partial charge in [-0.1, -0.05) is 32.4 Å². The smallest absolute Gasteiger partial charge is 0.224 e. The van der Waals surface area contributed by atoms with E-state index in [2.05, 4.69) is 19.2 Å². The minimum absolute atomic E-state index is 0.0214. The number of benzene rings is 1. The first kappa shape index (κ1) is 14.5. The maximum atomic E-state index is 11.8. The Hall–Kier alpha value is -1.55. The van der Waals surface area contributed by atoms with Gasteiger partial charge in [0.05, 0.1) is 5.69 Å². The van der Waals surface area contributed by atoms with Crippen molar-refractivity contribution in [1.29, 1.82) is 0 Å². The summed E-state index contributed by atoms with van der Waals surface area (Å²) in [5.74, 6) is 1.08. The average molecular weight is 250 g/mol. The third-order valence-electron chi connectivity index (χ3n) is 2.77. The van der Waals surface area contributed by atoms with Crippen molar-refractivity contribution in [3.63, 3.8) is 0 Å². The zero-order valence-corrected chi connectivity index (χ0v) is 11.1. The van der Waals surface area contributed by atoms with Crippen LogP contribution in [-0.2, 0) is 4.79 Å². The summed E-state index contributed by atoms with van der Waals surface area (Å²) in [7, 11) is 0. The number of anilines is 1. The number of carbonyl (C=O) groups excluding carboxylic acids is 1. The molecule has 0 saturated heterocycles. The van der Waals surface area contributed by atoms with Gasteiger partial charge in [0.15, 0.2) is 0 Å². The van der Waals surface area contributed by atoms with Crippen LogP contribution < -0.4 is 15.8 Å². The lowest BCUT2D eigenvalue weighted by Crippen LogP contribution is -2.16. The fourth-order valence-corrected chi connectivity index (χ4v) is 1.53. The maximum absolute atomic E-state index is 11.8. The van der Waals surface area contributed by atoms with E-state index in [9.17, 15) is 4.79 Å². The second-order valence-corrected chi connectivity index (χ2v) is 4.40. The first-order chi connectivity index (χ1) is 8.67. The fourth-order valence-electron chi connectivity index (χ4n) is 1.53. The van der Waals surface area contributed by atoms with E-state index in [4.69, 9.17) is 10.5 Å². The molecule has 0 heterocycles. The normalized spacial score (nSPS) is 11.9. The third-order valence-corrected chi connectivity index (χ3v) is 2.77. The Kier molecular flexibility index (Phi) is 6.22. The van der Waals surface area contributed by atoms with E-state index in [0.717, 1.165) is 6.42 Å². The molecule has 1 rings (SSSR count). The Bertz CT molecular complexity index is 380. The molecule has 0 aliphatic rings. The van der Waals surface area contributed by atoms with Gasteiger partial charge >= 0.3 is 0 Å². The van der Waals surface area contributed by atoms with Gasteiger partial charge in [0, 0.05) is 13.0 Å². The van der Waals surface area contributed by atoms with Gasteiger partial charge in [0.1, 0.15) is 12.4 Å². The quantitative estimate of drug-likeness (QED) is 0.781. The molecule has 4 nitrogen and oxygen atoms in total. The molecule has 0 aromatic heterocycles. The highest BCUT2D eigenvalue weighted by Crippen LogP contribution is 2.24. The molecule has 1 unspecified atom stereocenters. The predicted molar refractivity (Wildman–Crippen MR) is 73.7 cm³/mol. The van der Waals surface area contributed by atoms with Crippen molar-refractivity contribution in [2.75, 3.05) is 18.5 Å². The number of carbonyl (C=O) groups is 1. The number of hydrogen-bond acceptors (Lipinski definition) is 3. The van der Waals surface area contributed by atoms with Crippen LogP contribution in [0.4, 0.5) is 5.69 Å². The van der Waals surface area contributed by atoms with Crippen molar-refractivity contribution < 1.29 is 9.53 Å². The van der Waals surface area contributed by atoms with Gasteiger partial charge in [-0.3, -0.25) is 4.79 Å². The Balaban J connectivity index is 2.62. The Morgan fingerprint density at radius 2 is 2.17 bits per heavy atom. The largest absolute Gasteiger partial charge is 0.490 e. The summed E-state index contributed by atoms with van der Waals surface area (Å²) in [6.07, 6.45) is 1.53. The highest BCUT2D eigenvalue weighted by molar-refractivity contribution is 5.92. The predicted octanol–water partition coefficient (Wildman–Crippen LogP) is 2.40. The average Bonchev–Trinajstić information content (AvgIpc) is 2.37. The van der Waals surface area contributed by atoms with E-state index in [1.54, 1.807) is 0 Å². The van der Waals surface area contributed by atoms with E-state index in [1.165, 1.54) is 0 Å². The molecule has 1 aromatic carbocycles. The summed E-state index contributed by atoms with van der Waals surface area (Å²) in [5, 5.41) is 2.88. The molecule has 0 fully saturated rings. The van der Waals surface area contributed by atoms with Crippen LogP contribution in [0.1, 0.15) is 26.7 Å². The number of nitrogens with two attached hydrogens (primary N) is 1. The highest BCUT2D eigenvalue weighted by Gasteiger charge is 2.10. The molecule has 0 spiro atoms. The van der Waals surface area contributed by atoms with Crippen LogP contribution in [0.25, 0.3) is 0 Å². The van der Waals surface area contributed by atoms with Crippen LogP contribution in [-0.4, -0.2) is 19.1 Å². The second kappa shape index (κ2) is 7.71. The molecule has 4 heteroatoms. The van der Waals surface area contributed by atoms with Gasteiger partial charge < -0.3 is 15.8 Å². The van der Waals surface area contributed by atoms with E-state index in [1.807, 2.05) is 24.3 Å². The van der Waals surface area contributed by atoms with Crippen molar-refractivity contribution in [1.82, 2.24) is 0 Å². The Morgan fingerprint density at radius 3 is 2.83 bits per heavy atom. The Labute approximate surface area is 109 Å². The molecule has 18 heavy (non-hydrogen) atoms. The van der Waals surface area contributed by atoms with Gasteiger partial charge in [-0.15, -0.1) is 0 Å². The summed E-state index contributed by atoms with van der Waals surface area (Å²) in [6, 6.07) is 7.40. The summed E-state index contributed by atoms with van der Waals surface area (Å²) in [4.78, 5) is 11.8. The minimum atomic E-state index is 0.0214. The van der Waals surface area contributed by atoms with Gasteiger partial charge in [0.25, 0.3) is 0 Å². The molecule has 0 saturated carbocycles. The zero-order valence-electron chi connectivity index (χ0n) is 11.1. The van der Waals surface area contributed by atoms with Gasteiger partial charge in [0.2, 0.25) is 5.91 Å². The highest BCUT2D eigenvalue weighted by atomic mass is 16.5. The van der Waals surface area contributed by atoms with Crippen LogP contribution in [0.15, 0.2) is 24.3 Å². The SMILES string of the molecule is CCC(C)CC(=O)Nc1ccccc1OCCN. The second-order valence-electron chi connectivity index (χ2n) is 4.40. The van der Waals surface area contributed by atoms with Crippen LogP contribution in [0.5, 0.6) is 5.75 Å². The molecule has 0 aliphatic carbocycles. The number of nitrogens with one attached hydrogen (secondary N) is 1. The molecule has 1 aromatic rings. The van der Waals surface area contributed by atoms with Crippen molar-refractivity contribution in [2.24, 2.45) is 11.7 Å². The summed E-state index contributed by atoms with van der Waals surface area (Å²) >= 11 is 0. The van der Waals surface area contributed by atoms with Crippen LogP contribution in [0.3, 0.4) is 0 Å². The summed E-state index contributed by atoms with van der Waals surface area (Å²) in [6.45, 7) is 5.04. The Morgan fingerprint density at radius 1 is 1.44 bits per heavy atom. The zero-order chi connectivity index (χ0) is 13.4. The molecule has 0 bridgehead atoms.